The van der Waals surface area contributed by atoms with Crippen LogP contribution in [0.3, 0.4) is 0 Å². The number of aliphatic hydroxyl groups is 1. The molecule has 9 heteroatoms. The molecule has 0 saturated heterocycles. The van der Waals surface area contributed by atoms with Crippen molar-refractivity contribution < 1.29 is 14.6 Å². The monoisotopic (exact) mass is 345 g/mol. The Balaban J connectivity index is 1.88. The quantitative estimate of drug-likeness (QED) is 0.529. The third-order valence-electron chi connectivity index (χ3n) is 3.80. The first-order chi connectivity index (χ1) is 12.1. The molecule has 0 saturated carbocycles. The minimum atomic E-state index is -0.773. The normalized spacial score (nSPS) is 13.8. The minimum absolute atomic E-state index is 0.0323. The number of hydrogen-bond donors (Lipinski definition) is 3. The van der Waals surface area contributed by atoms with E-state index >= 15 is 0 Å². The van der Waals surface area contributed by atoms with Crippen molar-refractivity contribution >= 4 is 17.1 Å². The van der Waals surface area contributed by atoms with Gasteiger partial charge in [0.2, 0.25) is 5.95 Å². The topological polar surface area (TPSA) is 128 Å². The number of hydrogen-bond acceptors (Lipinski definition) is 7. The zero-order valence-corrected chi connectivity index (χ0v) is 13.6. The summed E-state index contributed by atoms with van der Waals surface area (Å²) in [6.07, 6.45) is 0.635. The lowest BCUT2D eigenvalue weighted by molar-refractivity contribution is -0.164. The first-order valence-corrected chi connectivity index (χ1v) is 7.65. The van der Waals surface area contributed by atoms with Gasteiger partial charge in [-0.05, 0) is 5.56 Å². The van der Waals surface area contributed by atoms with Crippen molar-refractivity contribution in [3.05, 3.63) is 52.6 Å². The van der Waals surface area contributed by atoms with Gasteiger partial charge in [-0.3, -0.25) is 9.78 Å². The molecule has 3 rings (SSSR count). The minimum Gasteiger partial charge on any atom is -0.394 e. The highest BCUT2D eigenvalue weighted by molar-refractivity contribution is 5.70. The number of nitrogens with zero attached hydrogens (tertiary/aromatic N) is 3. The van der Waals surface area contributed by atoms with Gasteiger partial charge in [0.05, 0.1) is 19.5 Å². The maximum Gasteiger partial charge on any atom is 0.280 e. The molecule has 4 N–H and O–H groups in total. The zero-order valence-electron chi connectivity index (χ0n) is 13.6. The van der Waals surface area contributed by atoms with Gasteiger partial charge in [0.25, 0.3) is 5.56 Å². The lowest BCUT2D eigenvalue weighted by atomic mass is 10.2. The number of aromatic nitrogens is 4. The molecule has 1 aromatic carbocycles. The van der Waals surface area contributed by atoms with Gasteiger partial charge >= 0.3 is 0 Å². The summed E-state index contributed by atoms with van der Waals surface area (Å²) >= 11 is 0. The number of anilines is 1. The Morgan fingerprint density at radius 3 is 2.80 bits per heavy atom. The number of rotatable bonds is 7. The molecule has 2 heterocycles. The average Bonchev–Trinajstić information content (AvgIpc) is 3.03. The number of benzene rings is 1. The number of aromatic amines is 1. The average molecular weight is 345 g/mol. The fourth-order valence-electron chi connectivity index (χ4n) is 2.58. The molecule has 25 heavy (non-hydrogen) atoms. The second-order valence-corrected chi connectivity index (χ2v) is 5.43. The number of aliphatic hydroxyl groups excluding tert-OH is 1. The molecule has 132 valence electrons. The highest BCUT2D eigenvalue weighted by Gasteiger charge is 2.26. The fraction of sp³-hybridized carbons (Fsp3) is 0.312. The van der Waals surface area contributed by atoms with Crippen LogP contribution in [0.5, 0.6) is 0 Å². The Bertz CT molecular complexity index is 892. The van der Waals surface area contributed by atoms with Crippen LogP contribution in [0.25, 0.3) is 11.2 Å². The summed E-state index contributed by atoms with van der Waals surface area (Å²) < 4.78 is 12.7. The van der Waals surface area contributed by atoms with Crippen LogP contribution in [-0.2, 0) is 16.1 Å². The number of nitrogens with two attached hydrogens (primary N) is 1. The first-order valence-electron chi connectivity index (χ1n) is 7.65. The number of H-pyrrole nitrogens is 1. The molecule has 0 aliphatic carbocycles. The van der Waals surface area contributed by atoms with Crippen LogP contribution in [0.1, 0.15) is 11.6 Å². The Morgan fingerprint density at radius 1 is 1.36 bits per heavy atom. The molecule has 0 aliphatic heterocycles. The van der Waals surface area contributed by atoms with Crippen LogP contribution in [-0.4, -0.2) is 44.6 Å². The molecule has 2 atom stereocenters. The number of fused-ring (bicyclic) bond motifs is 1. The smallest absolute Gasteiger partial charge is 0.280 e. The maximum atomic E-state index is 11.9. The Kier molecular flexibility index (Phi) is 5.08. The van der Waals surface area contributed by atoms with Crippen molar-refractivity contribution in [1.29, 1.82) is 0 Å². The SMILES string of the molecule is COC(OCc1ccccc1)C(CO)n1cnc2c(=O)[nH]c(N)nc21. The van der Waals surface area contributed by atoms with E-state index in [1.54, 1.807) is 0 Å². The molecular weight excluding hydrogens is 326 g/mol. The number of imidazole rings is 1. The van der Waals surface area contributed by atoms with Gasteiger partial charge < -0.3 is 24.9 Å². The predicted octanol–water partition coefficient (Wildman–Crippen LogP) is 0.425. The van der Waals surface area contributed by atoms with Crippen molar-refractivity contribution in [2.45, 2.75) is 18.9 Å². The summed E-state index contributed by atoms with van der Waals surface area (Å²) in [5.74, 6) is -0.0323. The summed E-state index contributed by atoms with van der Waals surface area (Å²) in [6, 6.07) is 8.94. The van der Waals surface area contributed by atoms with Crippen molar-refractivity contribution in [3.63, 3.8) is 0 Å². The molecule has 0 aliphatic rings. The van der Waals surface area contributed by atoms with Gasteiger partial charge in [-0.2, -0.15) is 4.98 Å². The van der Waals surface area contributed by atoms with Gasteiger partial charge in [0, 0.05) is 7.11 Å². The van der Waals surface area contributed by atoms with E-state index in [0.29, 0.717) is 6.61 Å². The number of nitrogens with one attached hydrogen (secondary N) is 1. The second kappa shape index (κ2) is 7.43. The van der Waals surface area contributed by atoms with E-state index < -0.39 is 17.9 Å². The van der Waals surface area contributed by atoms with Crippen LogP contribution in [0.15, 0.2) is 41.5 Å². The van der Waals surface area contributed by atoms with Crippen LogP contribution in [0, 0.1) is 0 Å². The Labute approximate surface area is 143 Å². The molecule has 2 unspecified atom stereocenters. The van der Waals surface area contributed by atoms with Gasteiger partial charge in [0.15, 0.2) is 17.5 Å². The van der Waals surface area contributed by atoms with Crippen LogP contribution >= 0.6 is 0 Å². The molecular formula is C16H19N5O4. The molecule has 9 nitrogen and oxygen atoms in total. The Hall–Kier alpha value is -2.75. The lowest BCUT2D eigenvalue weighted by Crippen LogP contribution is -2.31. The summed E-state index contributed by atoms with van der Waals surface area (Å²) in [5, 5.41) is 9.84. The van der Waals surface area contributed by atoms with E-state index in [4.69, 9.17) is 15.2 Å². The van der Waals surface area contributed by atoms with Crippen molar-refractivity contribution in [1.82, 2.24) is 19.5 Å². The molecule has 3 aromatic rings. The predicted molar refractivity (Wildman–Crippen MR) is 90.7 cm³/mol. The third kappa shape index (κ3) is 3.53. The van der Waals surface area contributed by atoms with E-state index in [0.717, 1.165) is 5.56 Å². The zero-order chi connectivity index (χ0) is 17.8. The van der Waals surface area contributed by atoms with Crippen LogP contribution < -0.4 is 11.3 Å². The highest BCUT2D eigenvalue weighted by Crippen LogP contribution is 2.21. The van der Waals surface area contributed by atoms with E-state index in [1.807, 2.05) is 30.3 Å². The van der Waals surface area contributed by atoms with Crippen molar-refractivity contribution in [2.24, 2.45) is 0 Å². The molecule has 0 amide bonds. The summed E-state index contributed by atoms with van der Waals surface area (Å²) in [7, 11) is 1.48. The number of nitrogen functional groups attached to an aromatic ring is 1. The lowest BCUT2D eigenvalue weighted by Gasteiger charge is -2.25. The number of methoxy groups -OCH3 is 1. The second-order valence-electron chi connectivity index (χ2n) is 5.43. The molecule has 0 radical (unpaired) electrons. The van der Waals surface area contributed by atoms with Crippen LogP contribution in [0.2, 0.25) is 0 Å². The van der Waals surface area contributed by atoms with Crippen molar-refractivity contribution in [3.8, 4) is 0 Å². The van der Waals surface area contributed by atoms with E-state index in [2.05, 4.69) is 15.0 Å². The summed E-state index contributed by atoms with van der Waals surface area (Å²) in [5.41, 5.74) is 6.51. The van der Waals surface area contributed by atoms with Gasteiger partial charge in [-0.1, -0.05) is 30.3 Å². The number of ether oxygens (including phenoxy) is 2. The summed E-state index contributed by atoms with van der Waals surface area (Å²) in [4.78, 5) is 22.4. The largest absolute Gasteiger partial charge is 0.394 e. The van der Waals surface area contributed by atoms with E-state index in [1.165, 1.54) is 18.0 Å². The standard InChI is InChI=1S/C16H19N5O4/c1-24-15(25-8-10-5-3-2-4-6-10)11(7-22)21-9-18-12-13(21)19-16(17)20-14(12)23/h2-6,9,11,15,22H,7-8H2,1H3,(H3,17,19,20,23). The molecule has 0 spiro atoms. The third-order valence-corrected chi connectivity index (χ3v) is 3.80. The van der Waals surface area contributed by atoms with E-state index in [-0.39, 0.29) is 23.7 Å². The van der Waals surface area contributed by atoms with Crippen LogP contribution in [0.4, 0.5) is 5.95 Å². The van der Waals surface area contributed by atoms with E-state index in [9.17, 15) is 9.90 Å². The van der Waals surface area contributed by atoms with Crippen molar-refractivity contribution in [2.75, 3.05) is 19.5 Å². The molecule has 2 aromatic heterocycles. The molecule has 0 bridgehead atoms. The van der Waals surface area contributed by atoms with Gasteiger partial charge in [0.1, 0.15) is 6.04 Å². The molecule has 0 fully saturated rings. The Morgan fingerprint density at radius 2 is 2.12 bits per heavy atom. The fourth-order valence-corrected chi connectivity index (χ4v) is 2.58. The van der Waals surface area contributed by atoms with Gasteiger partial charge in [-0.15, -0.1) is 0 Å². The first kappa shape index (κ1) is 17.1. The highest BCUT2D eigenvalue weighted by atomic mass is 16.7. The van der Waals surface area contributed by atoms with Gasteiger partial charge in [-0.25, -0.2) is 4.98 Å². The summed E-state index contributed by atoms with van der Waals surface area (Å²) in [6.45, 7) is 0.00572. The maximum absolute atomic E-state index is 11.9.